The summed E-state index contributed by atoms with van der Waals surface area (Å²) in [5, 5.41) is 0. The summed E-state index contributed by atoms with van der Waals surface area (Å²) in [6, 6.07) is 1.29. The normalized spacial score (nSPS) is 13.3. The summed E-state index contributed by atoms with van der Waals surface area (Å²) in [7, 11) is 1.55. The van der Waals surface area contributed by atoms with E-state index in [4.69, 9.17) is 0 Å². The van der Waals surface area contributed by atoms with Crippen molar-refractivity contribution in [1.29, 1.82) is 0 Å². The topological polar surface area (TPSA) is 20.3 Å². The van der Waals surface area contributed by atoms with Crippen molar-refractivity contribution >= 4 is 5.91 Å². The lowest BCUT2D eigenvalue weighted by molar-refractivity contribution is 0.0628. The highest BCUT2D eigenvalue weighted by molar-refractivity contribution is 5.94. The molecule has 0 saturated carbocycles. The average Bonchev–Trinajstić information content (AvgIpc) is 2.31. The molecule has 1 aromatic carbocycles. The Labute approximate surface area is 111 Å². The number of nitrogens with zero attached hydrogens (tertiary/aromatic N) is 1. The third-order valence-electron chi connectivity index (χ3n) is 3.39. The third kappa shape index (κ3) is 3.28. The standard InChI is InChI=1S/C14H18F3NO/c1-8(14(2,3)4)18(5)13(19)9-6-10(15)12(17)11(16)7-9/h6-8H,1-5H3. The van der Waals surface area contributed by atoms with Crippen LogP contribution >= 0.6 is 0 Å². The summed E-state index contributed by atoms with van der Waals surface area (Å²) in [6.07, 6.45) is 0. The van der Waals surface area contributed by atoms with Crippen LogP contribution in [0, 0.1) is 22.9 Å². The molecule has 2 nitrogen and oxygen atoms in total. The van der Waals surface area contributed by atoms with Crippen LogP contribution in [-0.4, -0.2) is 23.9 Å². The highest BCUT2D eigenvalue weighted by Crippen LogP contribution is 2.24. The van der Waals surface area contributed by atoms with Crippen molar-refractivity contribution in [2.24, 2.45) is 5.41 Å². The van der Waals surface area contributed by atoms with E-state index in [1.165, 1.54) is 4.90 Å². The van der Waals surface area contributed by atoms with Gasteiger partial charge in [-0.05, 0) is 24.5 Å². The molecular weight excluding hydrogens is 255 g/mol. The molecule has 1 rings (SSSR count). The summed E-state index contributed by atoms with van der Waals surface area (Å²) in [4.78, 5) is 13.5. The van der Waals surface area contributed by atoms with Crippen LogP contribution in [0.4, 0.5) is 13.2 Å². The highest BCUT2D eigenvalue weighted by Gasteiger charge is 2.28. The summed E-state index contributed by atoms with van der Waals surface area (Å²) < 4.78 is 39.1. The van der Waals surface area contributed by atoms with Crippen LogP contribution < -0.4 is 0 Å². The van der Waals surface area contributed by atoms with Crippen LogP contribution in [0.25, 0.3) is 0 Å². The minimum atomic E-state index is -1.57. The van der Waals surface area contributed by atoms with Crippen molar-refractivity contribution < 1.29 is 18.0 Å². The fourth-order valence-electron chi connectivity index (χ4n) is 1.64. The van der Waals surface area contributed by atoms with E-state index in [1.54, 1.807) is 7.05 Å². The van der Waals surface area contributed by atoms with Gasteiger partial charge in [-0.2, -0.15) is 0 Å². The number of benzene rings is 1. The van der Waals surface area contributed by atoms with Crippen molar-refractivity contribution in [2.45, 2.75) is 33.7 Å². The number of hydrogen-bond acceptors (Lipinski definition) is 1. The van der Waals surface area contributed by atoms with E-state index in [2.05, 4.69) is 0 Å². The van der Waals surface area contributed by atoms with Gasteiger partial charge in [0.1, 0.15) is 0 Å². The Morgan fingerprint density at radius 3 is 1.95 bits per heavy atom. The average molecular weight is 273 g/mol. The monoisotopic (exact) mass is 273 g/mol. The molecule has 0 fully saturated rings. The summed E-state index contributed by atoms with van der Waals surface area (Å²) >= 11 is 0. The third-order valence-corrected chi connectivity index (χ3v) is 3.39. The van der Waals surface area contributed by atoms with Crippen molar-refractivity contribution in [2.75, 3.05) is 7.05 Å². The molecule has 0 saturated heterocycles. The molecule has 0 spiro atoms. The Morgan fingerprint density at radius 2 is 1.58 bits per heavy atom. The fraction of sp³-hybridized carbons (Fsp3) is 0.500. The van der Waals surface area contributed by atoms with Gasteiger partial charge in [0.05, 0.1) is 0 Å². The first kappa shape index (κ1) is 15.5. The maximum Gasteiger partial charge on any atom is 0.254 e. The second kappa shape index (κ2) is 5.23. The number of amides is 1. The van der Waals surface area contributed by atoms with Gasteiger partial charge >= 0.3 is 0 Å². The van der Waals surface area contributed by atoms with Gasteiger partial charge in [-0.25, -0.2) is 13.2 Å². The molecule has 0 aliphatic rings. The summed E-state index contributed by atoms with van der Waals surface area (Å²) in [5.74, 6) is -4.83. The zero-order valence-electron chi connectivity index (χ0n) is 11.7. The molecule has 1 unspecified atom stereocenters. The minimum Gasteiger partial charge on any atom is -0.338 e. The number of carbonyl (C=O) groups excluding carboxylic acids is 1. The van der Waals surface area contributed by atoms with Gasteiger partial charge in [0.2, 0.25) is 0 Å². The predicted molar refractivity (Wildman–Crippen MR) is 67.3 cm³/mol. The van der Waals surface area contributed by atoms with Crippen LogP contribution in [0.15, 0.2) is 12.1 Å². The number of carbonyl (C=O) groups is 1. The first-order valence-corrected chi connectivity index (χ1v) is 5.97. The predicted octanol–water partition coefficient (Wildman–Crippen LogP) is 3.61. The second-order valence-corrected chi connectivity index (χ2v) is 5.71. The molecule has 0 heterocycles. The Hall–Kier alpha value is -1.52. The Kier molecular flexibility index (Phi) is 4.28. The molecule has 19 heavy (non-hydrogen) atoms. The molecule has 106 valence electrons. The fourth-order valence-corrected chi connectivity index (χ4v) is 1.64. The van der Waals surface area contributed by atoms with Crippen LogP contribution in [0.5, 0.6) is 0 Å². The Morgan fingerprint density at radius 1 is 1.16 bits per heavy atom. The van der Waals surface area contributed by atoms with Gasteiger partial charge in [-0.15, -0.1) is 0 Å². The molecule has 0 aliphatic heterocycles. The lowest BCUT2D eigenvalue weighted by atomic mass is 9.87. The van der Waals surface area contributed by atoms with E-state index < -0.39 is 23.4 Å². The maximum atomic E-state index is 13.1. The van der Waals surface area contributed by atoms with Gasteiger partial charge in [0.25, 0.3) is 5.91 Å². The molecule has 0 aromatic heterocycles. The van der Waals surface area contributed by atoms with E-state index in [1.807, 2.05) is 27.7 Å². The lowest BCUT2D eigenvalue weighted by Gasteiger charge is -2.35. The zero-order chi connectivity index (χ0) is 15.0. The van der Waals surface area contributed by atoms with Crippen LogP contribution in [0.1, 0.15) is 38.1 Å². The van der Waals surface area contributed by atoms with Crippen molar-refractivity contribution in [1.82, 2.24) is 4.90 Å². The van der Waals surface area contributed by atoms with Crippen LogP contribution in [0.3, 0.4) is 0 Å². The molecule has 0 radical (unpaired) electrons. The highest BCUT2D eigenvalue weighted by atomic mass is 19.2. The van der Waals surface area contributed by atoms with E-state index in [9.17, 15) is 18.0 Å². The van der Waals surface area contributed by atoms with Gasteiger partial charge in [-0.1, -0.05) is 20.8 Å². The van der Waals surface area contributed by atoms with Gasteiger partial charge < -0.3 is 4.90 Å². The summed E-state index contributed by atoms with van der Waals surface area (Å²) in [5.41, 5.74) is -0.378. The molecule has 0 N–H and O–H groups in total. The first-order chi connectivity index (χ1) is 8.55. The second-order valence-electron chi connectivity index (χ2n) is 5.71. The molecule has 1 aromatic rings. The Bertz CT molecular complexity index is 471. The van der Waals surface area contributed by atoms with E-state index >= 15 is 0 Å². The van der Waals surface area contributed by atoms with Crippen molar-refractivity contribution in [3.63, 3.8) is 0 Å². The largest absolute Gasteiger partial charge is 0.338 e. The molecule has 1 atom stereocenters. The number of hydrogen-bond donors (Lipinski definition) is 0. The van der Waals surface area contributed by atoms with Gasteiger partial charge in [0.15, 0.2) is 17.5 Å². The quantitative estimate of drug-likeness (QED) is 0.754. The molecule has 0 bridgehead atoms. The van der Waals surface area contributed by atoms with Crippen LogP contribution in [-0.2, 0) is 0 Å². The van der Waals surface area contributed by atoms with E-state index in [-0.39, 0.29) is 17.0 Å². The lowest BCUT2D eigenvalue weighted by Crippen LogP contribution is -2.43. The number of rotatable bonds is 2. The molecule has 1 amide bonds. The van der Waals surface area contributed by atoms with Crippen molar-refractivity contribution in [3.05, 3.63) is 35.1 Å². The SMILES string of the molecule is CC(N(C)C(=O)c1cc(F)c(F)c(F)c1)C(C)(C)C. The van der Waals surface area contributed by atoms with Gasteiger partial charge in [0, 0.05) is 18.7 Å². The maximum absolute atomic E-state index is 13.1. The first-order valence-electron chi connectivity index (χ1n) is 5.97. The molecule has 5 heteroatoms. The minimum absolute atomic E-state index is 0.142. The number of halogens is 3. The van der Waals surface area contributed by atoms with Crippen LogP contribution in [0.2, 0.25) is 0 Å². The smallest absolute Gasteiger partial charge is 0.254 e. The van der Waals surface area contributed by atoms with E-state index in [0.29, 0.717) is 12.1 Å². The zero-order valence-corrected chi connectivity index (χ0v) is 11.7. The van der Waals surface area contributed by atoms with E-state index in [0.717, 1.165) is 0 Å². The Balaban J connectivity index is 3.08. The van der Waals surface area contributed by atoms with Crippen molar-refractivity contribution in [3.8, 4) is 0 Å². The summed E-state index contributed by atoms with van der Waals surface area (Å²) in [6.45, 7) is 7.70. The molecular formula is C14H18F3NO. The van der Waals surface area contributed by atoms with Gasteiger partial charge in [-0.3, -0.25) is 4.79 Å². The molecule has 0 aliphatic carbocycles.